The molecule has 0 amide bonds. The Morgan fingerprint density at radius 3 is 2.15 bits per heavy atom. The molecule has 0 atom stereocenters. The van der Waals surface area contributed by atoms with Gasteiger partial charge in [-0.25, -0.2) is 0 Å². The zero-order valence-electron chi connectivity index (χ0n) is 12.9. The molecular weight excluding hydrogens is 260 g/mol. The quantitative estimate of drug-likeness (QED) is 0.736. The second-order valence-corrected chi connectivity index (χ2v) is 5.84. The highest BCUT2D eigenvalue weighted by atomic mass is 16.6. The molecule has 0 bridgehead atoms. The van der Waals surface area contributed by atoms with Crippen molar-refractivity contribution in [2.75, 3.05) is 59.2 Å². The highest BCUT2D eigenvalue weighted by Crippen LogP contribution is 2.07. The summed E-state index contributed by atoms with van der Waals surface area (Å²) in [6.07, 6.45) is 0. The van der Waals surface area contributed by atoms with Crippen LogP contribution in [-0.4, -0.2) is 75.6 Å². The van der Waals surface area contributed by atoms with E-state index in [2.05, 4.69) is 5.32 Å². The molecule has 1 rings (SSSR count). The van der Waals surface area contributed by atoms with Gasteiger partial charge in [0.15, 0.2) is 0 Å². The summed E-state index contributed by atoms with van der Waals surface area (Å²) in [5.41, 5.74) is -0.442. The molecule has 6 heteroatoms. The third-order valence-corrected chi connectivity index (χ3v) is 2.72. The van der Waals surface area contributed by atoms with E-state index >= 15 is 0 Å². The Morgan fingerprint density at radius 2 is 1.65 bits per heavy atom. The monoisotopic (exact) mass is 288 g/mol. The van der Waals surface area contributed by atoms with Crippen LogP contribution in [0.5, 0.6) is 0 Å². The zero-order valence-corrected chi connectivity index (χ0v) is 12.9. The van der Waals surface area contributed by atoms with Crippen molar-refractivity contribution in [2.45, 2.75) is 26.4 Å². The molecule has 1 heterocycles. The molecule has 1 saturated heterocycles. The molecule has 0 aliphatic carbocycles. The number of hydrogen-bond acceptors (Lipinski definition) is 6. The Labute approximate surface area is 121 Å². The first kappa shape index (κ1) is 17.4. The number of nitrogens with zero attached hydrogens (tertiary/aromatic N) is 1. The highest BCUT2D eigenvalue weighted by Gasteiger charge is 2.19. The molecule has 0 saturated carbocycles. The Balaban J connectivity index is 2.36. The summed E-state index contributed by atoms with van der Waals surface area (Å²) in [5, 5.41) is 3.23. The van der Waals surface area contributed by atoms with E-state index in [0.717, 1.165) is 13.1 Å². The number of nitrogens with one attached hydrogen (secondary N) is 1. The van der Waals surface area contributed by atoms with Crippen molar-refractivity contribution < 1.29 is 19.0 Å². The van der Waals surface area contributed by atoms with E-state index in [1.165, 1.54) is 0 Å². The van der Waals surface area contributed by atoms with Gasteiger partial charge in [-0.1, -0.05) is 0 Å². The molecule has 0 aromatic carbocycles. The maximum Gasteiger partial charge on any atom is 0.320 e. The topological polar surface area (TPSA) is 60.0 Å². The first-order valence-electron chi connectivity index (χ1n) is 7.28. The fourth-order valence-electron chi connectivity index (χ4n) is 1.83. The van der Waals surface area contributed by atoms with Gasteiger partial charge in [0.1, 0.15) is 5.60 Å². The van der Waals surface area contributed by atoms with Gasteiger partial charge in [0, 0.05) is 26.2 Å². The molecule has 0 radical (unpaired) electrons. The molecule has 0 aromatic heterocycles. The Hall–Kier alpha value is -0.690. The first-order valence-corrected chi connectivity index (χ1v) is 7.28. The van der Waals surface area contributed by atoms with Crippen LogP contribution < -0.4 is 5.32 Å². The summed E-state index contributed by atoms with van der Waals surface area (Å²) < 4.78 is 16.4. The smallest absolute Gasteiger partial charge is 0.320 e. The molecule has 1 aliphatic heterocycles. The van der Waals surface area contributed by atoms with Gasteiger partial charge in [-0.2, -0.15) is 0 Å². The van der Waals surface area contributed by atoms with Crippen molar-refractivity contribution >= 4 is 5.97 Å². The van der Waals surface area contributed by atoms with Crippen LogP contribution in [0.25, 0.3) is 0 Å². The van der Waals surface area contributed by atoms with E-state index in [1.807, 2.05) is 25.7 Å². The molecule has 20 heavy (non-hydrogen) atoms. The standard InChI is InChI=1S/C14H28N2O4/c1-14(2,3)20-13(17)12-16-6-10-18-8-4-15-5-9-19-11-7-16/h15H,4-12H2,1-3H3. The Bertz CT molecular complexity index is 267. The second kappa shape index (κ2) is 9.28. The summed E-state index contributed by atoms with van der Waals surface area (Å²) in [5.74, 6) is -0.203. The summed E-state index contributed by atoms with van der Waals surface area (Å²) in [6.45, 7) is 11.6. The van der Waals surface area contributed by atoms with Crippen LogP contribution in [0.2, 0.25) is 0 Å². The lowest BCUT2D eigenvalue weighted by molar-refractivity contribution is -0.156. The van der Waals surface area contributed by atoms with Gasteiger partial charge >= 0.3 is 5.97 Å². The van der Waals surface area contributed by atoms with E-state index in [0.29, 0.717) is 39.5 Å². The number of rotatable bonds is 2. The van der Waals surface area contributed by atoms with Crippen molar-refractivity contribution in [3.05, 3.63) is 0 Å². The maximum absolute atomic E-state index is 11.8. The molecule has 1 fully saturated rings. The van der Waals surface area contributed by atoms with Crippen molar-refractivity contribution in [1.82, 2.24) is 10.2 Å². The maximum atomic E-state index is 11.8. The Kier molecular flexibility index (Phi) is 8.06. The van der Waals surface area contributed by atoms with Crippen LogP contribution in [0.1, 0.15) is 20.8 Å². The van der Waals surface area contributed by atoms with Gasteiger partial charge in [-0.3, -0.25) is 9.69 Å². The second-order valence-electron chi connectivity index (χ2n) is 5.84. The van der Waals surface area contributed by atoms with Gasteiger partial charge < -0.3 is 19.5 Å². The van der Waals surface area contributed by atoms with Gasteiger partial charge in [0.05, 0.1) is 33.0 Å². The first-order chi connectivity index (χ1) is 9.47. The molecule has 0 aromatic rings. The number of esters is 1. The highest BCUT2D eigenvalue weighted by molar-refractivity contribution is 5.72. The fraction of sp³-hybridized carbons (Fsp3) is 0.929. The number of carbonyl (C=O) groups is 1. The minimum Gasteiger partial charge on any atom is -0.459 e. The average molecular weight is 288 g/mol. The van der Waals surface area contributed by atoms with E-state index < -0.39 is 5.60 Å². The minimum atomic E-state index is -0.442. The van der Waals surface area contributed by atoms with Crippen molar-refractivity contribution in [2.24, 2.45) is 0 Å². The molecule has 6 nitrogen and oxygen atoms in total. The average Bonchev–Trinajstić information content (AvgIpc) is 2.30. The lowest BCUT2D eigenvalue weighted by Crippen LogP contribution is -2.39. The van der Waals surface area contributed by atoms with Gasteiger partial charge in [0.2, 0.25) is 0 Å². The summed E-state index contributed by atoms with van der Waals surface area (Å²) >= 11 is 0. The lowest BCUT2D eigenvalue weighted by atomic mass is 10.2. The van der Waals surface area contributed by atoms with Gasteiger partial charge in [-0.15, -0.1) is 0 Å². The van der Waals surface area contributed by atoms with Crippen molar-refractivity contribution in [3.8, 4) is 0 Å². The lowest BCUT2D eigenvalue weighted by Gasteiger charge is -2.25. The number of carbonyl (C=O) groups excluding carboxylic acids is 1. The number of hydrogen-bond donors (Lipinski definition) is 1. The van der Waals surface area contributed by atoms with Gasteiger partial charge in [0.25, 0.3) is 0 Å². The molecule has 1 aliphatic rings. The fourth-order valence-corrected chi connectivity index (χ4v) is 1.83. The van der Waals surface area contributed by atoms with E-state index in [-0.39, 0.29) is 12.5 Å². The molecule has 0 unspecified atom stereocenters. The summed E-state index contributed by atoms with van der Waals surface area (Å²) in [4.78, 5) is 13.9. The Morgan fingerprint density at radius 1 is 1.10 bits per heavy atom. The van der Waals surface area contributed by atoms with Crippen LogP contribution in [0.3, 0.4) is 0 Å². The van der Waals surface area contributed by atoms with Crippen LogP contribution in [0, 0.1) is 0 Å². The molecule has 118 valence electrons. The molecule has 1 N–H and O–H groups in total. The van der Waals surface area contributed by atoms with Crippen LogP contribution in [0.15, 0.2) is 0 Å². The largest absolute Gasteiger partial charge is 0.459 e. The molecular formula is C14H28N2O4. The van der Waals surface area contributed by atoms with Crippen LogP contribution in [-0.2, 0) is 19.0 Å². The molecule has 0 spiro atoms. The predicted molar refractivity (Wildman–Crippen MR) is 76.8 cm³/mol. The van der Waals surface area contributed by atoms with E-state index in [1.54, 1.807) is 0 Å². The number of ether oxygens (including phenoxy) is 3. The minimum absolute atomic E-state index is 0.203. The zero-order chi connectivity index (χ0) is 14.8. The van der Waals surface area contributed by atoms with Crippen LogP contribution in [0.4, 0.5) is 0 Å². The van der Waals surface area contributed by atoms with Crippen molar-refractivity contribution in [1.29, 1.82) is 0 Å². The SMILES string of the molecule is CC(C)(C)OC(=O)CN1CCOCCNCCOCC1. The third-order valence-electron chi connectivity index (χ3n) is 2.72. The van der Waals surface area contributed by atoms with Crippen LogP contribution >= 0.6 is 0 Å². The summed E-state index contributed by atoms with van der Waals surface area (Å²) in [7, 11) is 0. The van der Waals surface area contributed by atoms with E-state index in [4.69, 9.17) is 14.2 Å². The van der Waals surface area contributed by atoms with Crippen molar-refractivity contribution in [3.63, 3.8) is 0 Å². The predicted octanol–water partition coefficient (Wildman–Crippen LogP) is 0.267. The van der Waals surface area contributed by atoms with E-state index in [9.17, 15) is 4.79 Å². The third kappa shape index (κ3) is 9.25. The normalized spacial score (nSPS) is 20.8. The summed E-state index contributed by atoms with van der Waals surface area (Å²) in [6, 6.07) is 0. The van der Waals surface area contributed by atoms with Gasteiger partial charge in [-0.05, 0) is 20.8 Å².